The highest BCUT2D eigenvalue weighted by atomic mass is 16.4. The average Bonchev–Trinajstić information content (AvgIpc) is 2.59. The van der Waals surface area contributed by atoms with Crippen LogP contribution in [0.1, 0.15) is 62.0 Å². The van der Waals surface area contributed by atoms with Gasteiger partial charge in [-0.15, -0.1) is 0 Å². The third-order valence-electron chi connectivity index (χ3n) is 4.62. The molecular weight excluding hydrogens is 268 g/mol. The van der Waals surface area contributed by atoms with Crippen LogP contribution >= 0.6 is 0 Å². The van der Waals surface area contributed by atoms with E-state index in [1.807, 2.05) is 6.92 Å². The lowest BCUT2D eigenvalue weighted by molar-refractivity contribution is -0.136. The number of carboxylic acids is 1. The molecule has 1 aromatic rings. The molecule has 2 unspecified atom stereocenters. The second-order valence-electron chi connectivity index (χ2n) is 6.25. The first-order valence-corrected chi connectivity index (χ1v) is 7.70. The molecule has 1 heterocycles. The van der Waals surface area contributed by atoms with Crippen LogP contribution < -0.4 is 5.69 Å². The van der Waals surface area contributed by atoms with Gasteiger partial charge in [-0.05, 0) is 39.0 Å². The summed E-state index contributed by atoms with van der Waals surface area (Å²) >= 11 is 0. The summed E-state index contributed by atoms with van der Waals surface area (Å²) in [6.45, 7) is 5.82. The molecule has 116 valence electrons. The largest absolute Gasteiger partial charge is 0.481 e. The smallest absolute Gasteiger partial charge is 0.348 e. The maximum Gasteiger partial charge on any atom is 0.348 e. The Bertz CT molecular complexity index is 592. The topological polar surface area (TPSA) is 72.2 Å². The van der Waals surface area contributed by atoms with Crippen LogP contribution in [-0.4, -0.2) is 20.6 Å². The highest BCUT2D eigenvalue weighted by molar-refractivity contribution is 5.70. The lowest BCUT2D eigenvalue weighted by Crippen LogP contribution is -2.31. The zero-order chi connectivity index (χ0) is 15.6. The Morgan fingerprint density at radius 2 is 2.00 bits per heavy atom. The summed E-state index contributed by atoms with van der Waals surface area (Å²) in [6.07, 6.45) is 5.29. The normalized spacial score (nSPS) is 22.8. The third kappa shape index (κ3) is 3.52. The molecule has 21 heavy (non-hydrogen) atoms. The van der Waals surface area contributed by atoms with Crippen LogP contribution in [0, 0.1) is 19.8 Å². The quantitative estimate of drug-likeness (QED) is 0.869. The molecule has 0 aliphatic heterocycles. The molecule has 1 fully saturated rings. The minimum absolute atomic E-state index is 0.0753. The van der Waals surface area contributed by atoms with E-state index in [1.54, 1.807) is 11.5 Å². The number of hydrogen-bond donors (Lipinski definition) is 1. The molecule has 0 amide bonds. The number of aliphatic carboxylic acids is 1. The first-order valence-electron chi connectivity index (χ1n) is 7.70. The van der Waals surface area contributed by atoms with Gasteiger partial charge in [0, 0.05) is 23.0 Å². The van der Waals surface area contributed by atoms with Crippen molar-refractivity contribution in [1.29, 1.82) is 0 Å². The van der Waals surface area contributed by atoms with E-state index in [2.05, 4.69) is 11.9 Å². The highest BCUT2D eigenvalue weighted by Crippen LogP contribution is 2.30. The standard InChI is InChI=1S/C16H24N2O3/c1-10-5-4-6-13(8-7-10)18-12(3)14(9-15(19)20)11(2)17-16(18)21/h10,13H,4-9H2,1-3H3,(H,19,20). The minimum atomic E-state index is -0.886. The van der Waals surface area contributed by atoms with E-state index >= 15 is 0 Å². The van der Waals surface area contributed by atoms with Gasteiger partial charge in [-0.2, -0.15) is 4.98 Å². The molecule has 1 saturated carbocycles. The zero-order valence-electron chi connectivity index (χ0n) is 13.1. The van der Waals surface area contributed by atoms with Crippen LogP contribution in [-0.2, 0) is 11.2 Å². The van der Waals surface area contributed by atoms with Gasteiger partial charge in [-0.1, -0.05) is 19.8 Å². The molecule has 0 spiro atoms. The molecule has 5 heteroatoms. The molecule has 5 nitrogen and oxygen atoms in total. The van der Waals surface area contributed by atoms with E-state index in [1.165, 1.54) is 6.42 Å². The van der Waals surface area contributed by atoms with Gasteiger partial charge >= 0.3 is 11.7 Å². The summed E-state index contributed by atoms with van der Waals surface area (Å²) < 4.78 is 1.74. The van der Waals surface area contributed by atoms with Crippen molar-refractivity contribution in [3.63, 3.8) is 0 Å². The highest BCUT2D eigenvalue weighted by Gasteiger charge is 2.22. The fourth-order valence-corrected chi connectivity index (χ4v) is 3.38. The van der Waals surface area contributed by atoms with Crippen molar-refractivity contribution in [1.82, 2.24) is 9.55 Å². The molecule has 1 aliphatic carbocycles. The second-order valence-corrected chi connectivity index (χ2v) is 6.25. The monoisotopic (exact) mass is 292 g/mol. The third-order valence-corrected chi connectivity index (χ3v) is 4.62. The van der Waals surface area contributed by atoms with Gasteiger partial charge in [0.25, 0.3) is 0 Å². The van der Waals surface area contributed by atoms with Gasteiger partial charge in [0.1, 0.15) is 0 Å². The Balaban J connectivity index is 2.42. The van der Waals surface area contributed by atoms with Crippen LogP contribution in [0.5, 0.6) is 0 Å². The summed E-state index contributed by atoms with van der Waals surface area (Å²) in [5, 5.41) is 9.05. The Morgan fingerprint density at radius 1 is 1.29 bits per heavy atom. The fraction of sp³-hybridized carbons (Fsp3) is 0.688. The molecule has 0 radical (unpaired) electrons. The van der Waals surface area contributed by atoms with Gasteiger partial charge in [-0.25, -0.2) is 4.79 Å². The maximum absolute atomic E-state index is 12.3. The van der Waals surface area contributed by atoms with Crippen molar-refractivity contribution in [2.24, 2.45) is 5.92 Å². The summed E-state index contributed by atoms with van der Waals surface area (Å²) in [6, 6.07) is 0.156. The number of carboxylic acid groups (broad SMARTS) is 1. The number of aryl methyl sites for hydroxylation is 1. The molecule has 1 aliphatic rings. The van der Waals surface area contributed by atoms with Crippen molar-refractivity contribution in [2.45, 2.75) is 65.3 Å². The number of rotatable bonds is 3. The van der Waals surface area contributed by atoms with E-state index in [9.17, 15) is 9.59 Å². The Morgan fingerprint density at radius 3 is 2.67 bits per heavy atom. The molecule has 2 rings (SSSR count). The minimum Gasteiger partial charge on any atom is -0.481 e. The molecule has 0 aromatic carbocycles. The van der Waals surface area contributed by atoms with E-state index in [0.29, 0.717) is 17.2 Å². The van der Waals surface area contributed by atoms with Crippen molar-refractivity contribution >= 4 is 5.97 Å². The number of aromatic nitrogens is 2. The predicted molar refractivity (Wildman–Crippen MR) is 80.6 cm³/mol. The van der Waals surface area contributed by atoms with Gasteiger partial charge in [0.15, 0.2) is 0 Å². The second kappa shape index (κ2) is 6.41. The van der Waals surface area contributed by atoms with Gasteiger partial charge in [0.05, 0.1) is 6.42 Å². The van der Waals surface area contributed by atoms with E-state index in [-0.39, 0.29) is 18.2 Å². The van der Waals surface area contributed by atoms with Crippen LogP contribution in [0.4, 0.5) is 0 Å². The first-order chi connectivity index (χ1) is 9.90. The van der Waals surface area contributed by atoms with Gasteiger partial charge < -0.3 is 5.11 Å². The summed E-state index contributed by atoms with van der Waals surface area (Å²) in [7, 11) is 0. The number of hydrogen-bond acceptors (Lipinski definition) is 3. The fourth-order valence-electron chi connectivity index (χ4n) is 3.38. The van der Waals surface area contributed by atoms with Crippen LogP contribution in [0.2, 0.25) is 0 Å². The van der Waals surface area contributed by atoms with Crippen molar-refractivity contribution in [3.05, 3.63) is 27.4 Å². The van der Waals surface area contributed by atoms with Crippen molar-refractivity contribution in [3.8, 4) is 0 Å². The lowest BCUT2D eigenvalue weighted by Gasteiger charge is -2.22. The predicted octanol–water partition coefficient (Wildman–Crippen LogP) is 2.63. The molecule has 1 aromatic heterocycles. The molecule has 0 saturated heterocycles. The van der Waals surface area contributed by atoms with Gasteiger partial charge in [0.2, 0.25) is 0 Å². The van der Waals surface area contributed by atoms with E-state index < -0.39 is 5.97 Å². The average molecular weight is 292 g/mol. The van der Waals surface area contributed by atoms with Crippen LogP contribution in [0.15, 0.2) is 4.79 Å². The molecular formula is C16H24N2O3. The van der Waals surface area contributed by atoms with Crippen LogP contribution in [0.3, 0.4) is 0 Å². The summed E-state index contributed by atoms with van der Waals surface area (Å²) in [4.78, 5) is 27.4. The zero-order valence-corrected chi connectivity index (χ0v) is 13.1. The maximum atomic E-state index is 12.3. The van der Waals surface area contributed by atoms with E-state index in [4.69, 9.17) is 5.11 Å². The Kier molecular flexibility index (Phi) is 4.80. The summed E-state index contributed by atoms with van der Waals surface area (Å²) in [5.74, 6) is -0.189. The van der Waals surface area contributed by atoms with Crippen molar-refractivity contribution < 1.29 is 9.90 Å². The number of nitrogens with zero attached hydrogens (tertiary/aromatic N) is 2. The summed E-state index contributed by atoms with van der Waals surface area (Å²) in [5.41, 5.74) is 1.76. The van der Waals surface area contributed by atoms with Crippen LogP contribution in [0.25, 0.3) is 0 Å². The van der Waals surface area contributed by atoms with Crippen molar-refractivity contribution in [2.75, 3.05) is 0 Å². The Labute approximate surface area is 125 Å². The van der Waals surface area contributed by atoms with Gasteiger partial charge in [-0.3, -0.25) is 9.36 Å². The lowest BCUT2D eigenvalue weighted by atomic mass is 10.0. The molecule has 2 atom stereocenters. The Hall–Kier alpha value is -1.65. The SMILES string of the molecule is Cc1nc(=O)n(C2CCCC(C)CC2)c(C)c1CC(=O)O. The molecule has 0 bridgehead atoms. The number of carbonyl (C=O) groups is 1. The molecule has 1 N–H and O–H groups in total. The first kappa shape index (κ1) is 15.7. The van der Waals surface area contributed by atoms with E-state index in [0.717, 1.165) is 31.4 Å².